The average Bonchev–Trinajstić information content (AvgIpc) is 2.16. The summed E-state index contributed by atoms with van der Waals surface area (Å²) >= 11 is 0. The van der Waals surface area contributed by atoms with E-state index in [4.69, 9.17) is 0 Å². The molecule has 0 bridgehead atoms. The molecular formula is C14H26O. The number of allylic oxidation sites excluding steroid dienone is 1. The zero-order valence-electron chi connectivity index (χ0n) is 10.3. The Bertz CT molecular complexity index is 196. The Balaban J connectivity index is 2.50. The second kappa shape index (κ2) is 7.05. The van der Waals surface area contributed by atoms with E-state index in [0.717, 1.165) is 12.8 Å². The molecule has 0 saturated carbocycles. The molecule has 1 aliphatic rings. The lowest BCUT2D eigenvalue weighted by molar-refractivity contribution is 0.140. The molecule has 1 aliphatic carbocycles. The standard InChI is InChI=1S/C14H26O/c1-3-9-12(2)14(15)13-10-7-5-4-6-8-11-13/h10,12,14-15H,3-9,11H2,1-2H3. The van der Waals surface area contributed by atoms with Gasteiger partial charge in [-0.25, -0.2) is 0 Å². The van der Waals surface area contributed by atoms with Crippen LogP contribution in [0.4, 0.5) is 0 Å². The first-order chi connectivity index (χ1) is 7.25. The Morgan fingerprint density at radius 2 is 2.00 bits per heavy atom. The molecule has 0 radical (unpaired) electrons. The van der Waals surface area contributed by atoms with E-state index in [9.17, 15) is 5.11 Å². The molecule has 1 heteroatoms. The van der Waals surface area contributed by atoms with E-state index in [1.54, 1.807) is 0 Å². The number of aliphatic hydroxyl groups excluding tert-OH is 1. The monoisotopic (exact) mass is 210 g/mol. The van der Waals surface area contributed by atoms with Crippen LogP contribution in [-0.2, 0) is 0 Å². The van der Waals surface area contributed by atoms with Crippen molar-refractivity contribution in [3.8, 4) is 0 Å². The Labute approximate surface area is 94.6 Å². The molecule has 1 N–H and O–H groups in total. The van der Waals surface area contributed by atoms with Crippen molar-refractivity contribution in [2.24, 2.45) is 5.92 Å². The highest BCUT2D eigenvalue weighted by molar-refractivity contribution is 5.09. The third-order valence-electron chi connectivity index (χ3n) is 3.49. The molecule has 0 fully saturated rings. The maximum absolute atomic E-state index is 10.2. The molecule has 0 aromatic heterocycles. The van der Waals surface area contributed by atoms with E-state index in [0.29, 0.717) is 5.92 Å². The van der Waals surface area contributed by atoms with Crippen molar-refractivity contribution in [1.29, 1.82) is 0 Å². The van der Waals surface area contributed by atoms with E-state index >= 15 is 0 Å². The quantitative estimate of drug-likeness (QED) is 0.694. The number of aliphatic hydroxyl groups is 1. The van der Waals surface area contributed by atoms with E-state index < -0.39 is 0 Å². The zero-order valence-corrected chi connectivity index (χ0v) is 10.3. The van der Waals surface area contributed by atoms with Gasteiger partial charge in [0, 0.05) is 0 Å². The fraction of sp³-hybridized carbons (Fsp3) is 0.857. The van der Waals surface area contributed by atoms with Crippen LogP contribution in [0.15, 0.2) is 11.6 Å². The van der Waals surface area contributed by atoms with Gasteiger partial charge in [-0.15, -0.1) is 0 Å². The van der Waals surface area contributed by atoms with E-state index in [2.05, 4.69) is 19.9 Å². The Kier molecular flexibility index (Phi) is 6.00. The van der Waals surface area contributed by atoms with Gasteiger partial charge in [0.05, 0.1) is 6.10 Å². The van der Waals surface area contributed by atoms with Crippen molar-refractivity contribution in [2.45, 2.75) is 71.3 Å². The molecule has 0 heterocycles. The van der Waals surface area contributed by atoms with Gasteiger partial charge in [0.25, 0.3) is 0 Å². The highest BCUT2D eigenvalue weighted by Crippen LogP contribution is 2.25. The third kappa shape index (κ3) is 4.38. The highest BCUT2D eigenvalue weighted by atomic mass is 16.3. The maximum Gasteiger partial charge on any atom is 0.0775 e. The first-order valence-electron chi connectivity index (χ1n) is 6.62. The third-order valence-corrected chi connectivity index (χ3v) is 3.49. The predicted molar refractivity (Wildman–Crippen MR) is 65.9 cm³/mol. The second-order valence-corrected chi connectivity index (χ2v) is 4.94. The minimum atomic E-state index is -0.178. The Morgan fingerprint density at radius 3 is 2.73 bits per heavy atom. The lowest BCUT2D eigenvalue weighted by Gasteiger charge is -2.22. The minimum absolute atomic E-state index is 0.178. The van der Waals surface area contributed by atoms with E-state index in [-0.39, 0.29) is 6.10 Å². The van der Waals surface area contributed by atoms with Crippen molar-refractivity contribution in [1.82, 2.24) is 0 Å². The molecule has 0 aliphatic heterocycles. The van der Waals surface area contributed by atoms with Crippen LogP contribution in [0.2, 0.25) is 0 Å². The van der Waals surface area contributed by atoms with Gasteiger partial charge in [0.1, 0.15) is 0 Å². The molecule has 0 saturated heterocycles. The van der Waals surface area contributed by atoms with Crippen LogP contribution in [-0.4, -0.2) is 11.2 Å². The number of hydrogen-bond donors (Lipinski definition) is 1. The summed E-state index contributed by atoms with van der Waals surface area (Å²) < 4.78 is 0. The lowest BCUT2D eigenvalue weighted by atomic mass is 9.88. The van der Waals surface area contributed by atoms with Crippen LogP contribution < -0.4 is 0 Å². The van der Waals surface area contributed by atoms with Crippen molar-refractivity contribution in [3.63, 3.8) is 0 Å². The second-order valence-electron chi connectivity index (χ2n) is 4.94. The topological polar surface area (TPSA) is 20.2 Å². The molecule has 0 aromatic carbocycles. The van der Waals surface area contributed by atoms with Crippen molar-refractivity contribution < 1.29 is 5.11 Å². The van der Waals surface area contributed by atoms with Crippen molar-refractivity contribution >= 4 is 0 Å². The molecular weight excluding hydrogens is 184 g/mol. The SMILES string of the molecule is CCCC(C)C(O)C1=CCCCCCC1. The molecule has 0 spiro atoms. The van der Waals surface area contributed by atoms with Crippen LogP contribution in [0.5, 0.6) is 0 Å². The summed E-state index contributed by atoms with van der Waals surface area (Å²) in [5.41, 5.74) is 1.32. The van der Waals surface area contributed by atoms with Crippen molar-refractivity contribution in [3.05, 3.63) is 11.6 Å². The zero-order chi connectivity index (χ0) is 11.1. The predicted octanol–water partition coefficient (Wildman–Crippen LogP) is 4.06. The summed E-state index contributed by atoms with van der Waals surface area (Å²) in [5, 5.41) is 10.2. The normalized spacial score (nSPS) is 22.5. The van der Waals surface area contributed by atoms with E-state index in [1.165, 1.54) is 44.1 Å². The van der Waals surface area contributed by atoms with Gasteiger partial charge in [-0.1, -0.05) is 39.2 Å². The van der Waals surface area contributed by atoms with Gasteiger partial charge < -0.3 is 5.11 Å². The molecule has 2 atom stereocenters. The molecule has 15 heavy (non-hydrogen) atoms. The maximum atomic E-state index is 10.2. The Morgan fingerprint density at radius 1 is 1.27 bits per heavy atom. The molecule has 1 nitrogen and oxygen atoms in total. The minimum Gasteiger partial charge on any atom is -0.388 e. The van der Waals surface area contributed by atoms with Gasteiger partial charge in [-0.3, -0.25) is 0 Å². The van der Waals surface area contributed by atoms with Gasteiger partial charge in [-0.05, 0) is 43.6 Å². The van der Waals surface area contributed by atoms with Crippen LogP contribution in [0.1, 0.15) is 65.2 Å². The van der Waals surface area contributed by atoms with Gasteiger partial charge in [-0.2, -0.15) is 0 Å². The first-order valence-corrected chi connectivity index (χ1v) is 6.62. The summed E-state index contributed by atoms with van der Waals surface area (Å²) in [4.78, 5) is 0. The Hall–Kier alpha value is -0.300. The van der Waals surface area contributed by atoms with Gasteiger partial charge in [0.2, 0.25) is 0 Å². The molecule has 0 aromatic rings. The molecule has 0 amide bonds. The number of hydrogen-bond acceptors (Lipinski definition) is 1. The van der Waals surface area contributed by atoms with Crippen LogP contribution in [0.3, 0.4) is 0 Å². The summed E-state index contributed by atoms with van der Waals surface area (Å²) in [6.45, 7) is 4.36. The molecule has 1 rings (SSSR count). The van der Waals surface area contributed by atoms with Crippen LogP contribution in [0, 0.1) is 5.92 Å². The van der Waals surface area contributed by atoms with Crippen LogP contribution >= 0.6 is 0 Å². The summed E-state index contributed by atoms with van der Waals surface area (Å²) in [7, 11) is 0. The summed E-state index contributed by atoms with van der Waals surface area (Å²) in [5.74, 6) is 0.431. The largest absolute Gasteiger partial charge is 0.388 e. The number of rotatable bonds is 4. The first kappa shape index (κ1) is 12.8. The molecule has 88 valence electrons. The summed E-state index contributed by atoms with van der Waals surface area (Å²) in [6, 6.07) is 0. The average molecular weight is 210 g/mol. The lowest BCUT2D eigenvalue weighted by Crippen LogP contribution is -2.20. The van der Waals surface area contributed by atoms with Crippen LogP contribution in [0.25, 0.3) is 0 Å². The summed E-state index contributed by atoms with van der Waals surface area (Å²) in [6.07, 6.45) is 12.0. The molecule has 2 unspecified atom stereocenters. The fourth-order valence-electron chi connectivity index (χ4n) is 2.46. The fourth-order valence-corrected chi connectivity index (χ4v) is 2.46. The highest BCUT2D eigenvalue weighted by Gasteiger charge is 2.18. The van der Waals surface area contributed by atoms with E-state index in [1.807, 2.05) is 0 Å². The van der Waals surface area contributed by atoms with Gasteiger partial charge in [0.15, 0.2) is 0 Å². The smallest absolute Gasteiger partial charge is 0.0775 e. The van der Waals surface area contributed by atoms with Crippen molar-refractivity contribution in [2.75, 3.05) is 0 Å². The van der Waals surface area contributed by atoms with Gasteiger partial charge >= 0.3 is 0 Å².